The monoisotopic (exact) mass is 196 g/mol. The molecule has 3 aliphatic rings. The third-order valence-electron chi connectivity index (χ3n) is 4.12. The van der Waals surface area contributed by atoms with Crippen LogP contribution in [-0.4, -0.2) is 49.8 Å². The summed E-state index contributed by atoms with van der Waals surface area (Å²) in [6.07, 6.45) is 3.90. The van der Waals surface area contributed by atoms with Crippen molar-refractivity contribution in [3.63, 3.8) is 0 Å². The smallest absolute Gasteiger partial charge is 0.0480 e. The molecule has 2 atom stereocenters. The molecular formula is C11H20N2O. The van der Waals surface area contributed by atoms with Crippen molar-refractivity contribution in [2.24, 2.45) is 5.92 Å². The molecule has 0 amide bonds. The van der Waals surface area contributed by atoms with Crippen LogP contribution in [0, 0.1) is 5.92 Å². The number of likely N-dealkylation sites (tertiary alicyclic amines) is 1. The Morgan fingerprint density at radius 3 is 2.79 bits per heavy atom. The highest BCUT2D eigenvalue weighted by Crippen LogP contribution is 2.33. The first-order valence-electron chi connectivity index (χ1n) is 5.99. The van der Waals surface area contributed by atoms with Gasteiger partial charge in [0.15, 0.2) is 0 Å². The van der Waals surface area contributed by atoms with E-state index in [1.54, 1.807) is 0 Å². The second kappa shape index (κ2) is 3.80. The summed E-state index contributed by atoms with van der Waals surface area (Å²) in [5.41, 5.74) is 0. The van der Waals surface area contributed by atoms with E-state index in [4.69, 9.17) is 4.74 Å². The lowest BCUT2D eigenvalue weighted by molar-refractivity contribution is -0.0714. The number of piperidine rings is 1. The molecule has 0 radical (unpaired) electrons. The van der Waals surface area contributed by atoms with Crippen LogP contribution < -0.4 is 5.32 Å². The normalized spacial score (nSPS) is 40.3. The quantitative estimate of drug-likeness (QED) is 0.659. The van der Waals surface area contributed by atoms with Crippen LogP contribution in [0.1, 0.15) is 19.3 Å². The first-order valence-corrected chi connectivity index (χ1v) is 5.99. The van der Waals surface area contributed by atoms with Crippen molar-refractivity contribution in [1.29, 1.82) is 0 Å². The molecule has 1 N–H and O–H groups in total. The van der Waals surface area contributed by atoms with Gasteiger partial charge in [-0.15, -0.1) is 0 Å². The second-order valence-electron chi connectivity index (χ2n) is 4.86. The third kappa shape index (κ3) is 1.47. The maximum atomic E-state index is 5.41. The van der Waals surface area contributed by atoms with Gasteiger partial charge in [-0.05, 0) is 31.7 Å². The Morgan fingerprint density at radius 2 is 2.00 bits per heavy atom. The molecule has 3 heterocycles. The fourth-order valence-corrected chi connectivity index (χ4v) is 3.20. The molecule has 0 spiro atoms. The summed E-state index contributed by atoms with van der Waals surface area (Å²) in [6.45, 7) is 5.78. The molecule has 0 aromatic heterocycles. The van der Waals surface area contributed by atoms with Crippen molar-refractivity contribution in [2.45, 2.75) is 31.3 Å². The Morgan fingerprint density at radius 1 is 1.14 bits per heavy atom. The first kappa shape index (κ1) is 9.13. The Labute approximate surface area is 85.8 Å². The molecule has 80 valence electrons. The minimum Gasteiger partial charge on any atom is -0.381 e. The summed E-state index contributed by atoms with van der Waals surface area (Å²) >= 11 is 0. The van der Waals surface area contributed by atoms with Gasteiger partial charge in [0.05, 0.1) is 0 Å². The largest absolute Gasteiger partial charge is 0.381 e. The van der Waals surface area contributed by atoms with Crippen molar-refractivity contribution in [1.82, 2.24) is 10.2 Å². The van der Waals surface area contributed by atoms with Crippen molar-refractivity contribution in [3.05, 3.63) is 0 Å². The lowest BCUT2D eigenvalue weighted by atomic mass is 9.81. The molecule has 0 aromatic rings. The standard InChI is InChI=1S/C11H20N2O/c1-4-12-7-11-9(1)8-13(11)10-2-5-14-6-3-10/h9-12H,1-8H2/t9-,11-/m0/s1. The van der Waals surface area contributed by atoms with E-state index in [1.807, 2.05) is 0 Å². The summed E-state index contributed by atoms with van der Waals surface area (Å²) in [5.74, 6) is 0.999. The van der Waals surface area contributed by atoms with Crippen molar-refractivity contribution in [3.8, 4) is 0 Å². The minimum atomic E-state index is 0.824. The molecule has 0 aromatic carbocycles. The molecule has 3 saturated heterocycles. The number of rotatable bonds is 1. The van der Waals surface area contributed by atoms with Crippen molar-refractivity contribution >= 4 is 0 Å². The molecule has 14 heavy (non-hydrogen) atoms. The second-order valence-corrected chi connectivity index (χ2v) is 4.86. The number of hydrogen-bond acceptors (Lipinski definition) is 3. The predicted molar refractivity (Wildman–Crippen MR) is 55.3 cm³/mol. The van der Waals surface area contributed by atoms with E-state index in [1.165, 1.54) is 38.9 Å². The Balaban J connectivity index is 1.58. The highest BCUT2D eigenvalue weighted by atomic mass is 16.5. The Hall–Kier alpha value is -0.120. The Kier molecular flexibility index (Phi) is 2.48. The number of nitrogens with zero attached hydrogens (tertiary/aromatic N) is 1. The molecule has 0 bridgehead atoms. The van der Waals surface area contributed by atoms with E-state index in [9.17, 15) is 0 Å². The summed E-state index contributed by atoms with van der Waals surface area (Å²) in [7, 11) is 0. The number of nitrogens with one attached hydrogen (secondary N) is 1. The van der Waals surface area contributed by atoms with Gasteiger partial charge in [0.2, 0.25) is 0 Å². The van der Waals surface area contributed by atoms with Crippen molar-refractivity contribution in [2.75, 3.05) is 32.8 Å². The van der Waals surface area contributed by atoms with E-state index in [0.717, 1.165) is 31.2 Å². The first-order chi connectivity index (χ1) is 6.95. The van der Waals surface area contributed by atoms with Crippen LogP contribution in [0.5, 0.6) is 0 Å². The average molecular weight is 196 g/mol. The summed E-state index contributed by atoms with van der Waals surface area (Å²) < 4.78 is 5.41. The SMILES string of the molecule is C1C[C@H]2CN(C3CCOCC3)[C@H]2CN1. The van der Waals surface area contributed by atoms with Gasteiger partial charge in [-0.1, -0.05) is 0 Å². The fourth-order valence-electron chi connectivity index (χ4n) is 3.20. The van der Waals surface area contributed by atoms with E-state index in [2.05, 4.69) is 10.2 Å². The van der Waals surface area contributed by atoms with Gasteiger partial charge in [-0.3, -0.25) is 4.90 Å². The zero-order valence-corrected chi connectivity index (χ0v) is 8.74. The van der Waals surface area contributed by atoms with Gasteiger partial charge in [-0.2, -0.15) is 0 Å². The Bertz CT molecular complexity index is 196. The van der Waals surface area contributed by atoms with Gasteiger partial charge in [0.1, 0.15) is 0 Å². The topological polar surface area (TPSA) is 24.5 Å². The van der Waals surface area contributed by atoms with Gasteiger partial charge in [-0.25, -0.2) is 0 Å². The zero-order valence-electron chi connectivity index (χ0n) is 8.74. The zero-order chi connectivity index (χ0) is 9.38. The summed E-state index contributed by atoms with van der Waals surface area (Å²) in [6, 6.07) is 1.68. The molecule has 3 aliphatic heterocycles. The van der Waals surface area contributed by atoms with Crippen LogP contribution in [0.2, 0.25) is 0 Å². The van der Waals surface area contributed by atoms with E-state index in [-0.39, 0.29) is 0 Å². The summed E-state index contributed by atoms with van der Waals surface area (Å²) in [4.78, 5) is 2.72. The van der Waals surface area contributed by atoms with Crippen LogP contribution in [0.25, 0.3) is 0 Å². The molecule has 0 saturated carbocycles. The van der Waals surface area contributed by atoms with Gasteiger partial charge >= 0.3 is 0 Å². The average Bonchev–Trinajstić information content (AvgIpc) is 2.22. The van der Waals surface area contributed by atoms with Gasteiger partial charge in [0, 0.05) is 38.4 Å². The van der Waals surface area contributed by atoms with Crippen LogP contribution in [-0.2, 0) is 4.74 Å². The highest BCUT2D eigenvalue weighted by molar-refractivity contribution is 4.99. The highest BCUT2D eigenvalue weighted by Gasteiger charge is 2.43. The maximum absolute atomic E-state index is 5.41. The third-order valence-corrected chi connectivity index (χ3v) is 4.12. The van der Waals surface area contributed by atoms with E-state index < -0.39 is 0 Å². The molecule has 3 heteroatoms. The van der Waals surface area contributed by atoms with E-state index in [0.29, 0.717) is 0 Å². The molecule has 0 unspecified atom stereocenters. The van der Waals surface area contributed by atoms with Crippen LogP contribution >= 0.6 is 0 Å². The van der Waals surface area contributed by atoms with Crippen LogP contribution in [0.4, 0.5) is 0 Å². The lowest BCUT2D eigenvalue weighted by Gasteiger charge is -2.55. The van der Waals surface area contributed by atoms with Gasteiger partial charge < -0.3 is 10.1 Å². The summed E-state index contributed by atoms with van der Waals surface area (Å²) in [5, 5.41) is 3.51. The molecule has 3 rings (SSSR count). The number of fused-ring (bicyclic) bond motifs is 1. The maximum Gasteiger partial charge on any atom is 0.0480 e. The molecule has 0 aliphatic carbocycles. The molecular weight excluding hydrogens is 176 g/mol. The fraction of sp³-hybridized carbons (Fsp3) is 1.00. The minimum absolute atomic E-state index is 0.824. The number of hydrogen-bond donors (Lipinski definition) is 1. The van der Waals surface area contributed by atoms with Gasteiger partial charge in [0.25, 0.3) is 0 Å². The number of ether oxygens (including phenoxy) is 1. The molecule has 3 nitrogen and oxygen atoms in total. The van der Waals surface area contributed by atoms with Crippen LogP contribution in [0.3, 0.4) is 0 Å². The predicted octanol–water partition coefficient (Wildman–Crippen LogP) is 0.459. The van der Waals surface area contributed by atoms with Crippen molar-refractivity contribution < 1.29 is 4.74 Å². The lowest BCUT2D eigenvalue weighted by Crippen LogP contribution is -2.66. The van der Waals surface area contributed by atoms with Crippen LogP contribution in [0.15, 0.2) is 0 Å². The van der Waals surface area contributed by atoms with E-state index >= 15 is 0 Å². The molecule has 3 fully saturated rings.